The number of nitrogens with zero attached hydrogens (tertiary/aromatic N) is 3. The summed E-state index contributed by atoms with van der Waals surface area (Å²) in [5, 5.41) is 13.3. The number of benzene rings is 1. The third-order valence-corrected chi connectivity index (χ3v) is 6.19. The molecule has 1 fully saturated rings. The first-order valence-corrected chi connectivity index (χ1v) is 11.5. The van der Waals surface area contributed by atoms with Crippen LogP contribution >= 0.6 is 0 Å². The summed E-state index contributed by atoms with van der Waals surface area (Å²) in [6.07, 6.45) is 7.94. The minimum atomic E-state index is -0.167. The molecule has 4 aromatic rings. The number of aliphatic hydroxyl groups excluding tert-OH is 1. The maximum absolute atomic E-state index is 13.4. The number of ketones is 2. The van der Waals surface area contributed by atoms with E-state index in [1.807, 2.05) is 0 Å². The molecule has 0 unspecified atom stereocenters. The van der Waals surface area contributed by atoms with Crippen molar-refractivity contribution in [2.45, 2.75) is 31.4 Å². The fourth-order valence-corrected chi connectivity index (χ4v) is 4.25. The molecule has 4 heterocycles. The molecule has 0 amide bonds. The second kappa shape index (κ2) is 10.1. The number of aromatic nitrogens is 4. The maximum Gasteiger partial charge on any atom is 0.195 e. The van der Waals surface area contributed by atoms with Gasteiger partial charge in [-0.2, -0.15) is 0 Å². The molecule has 2 atom stereocenters. The van der Waals surface area contributed by atoms with Crippen molar-refractivity contribution in [2.24, 2.45) is 0 Å². The number of nitrogens with one attached hydrogen (secondary N) is 2. The van der Waals surface area contributed by atoms with Crippen molar-refractivity contribution >= 4 is 28.4 Å². The number of aromatic amines is 1. The molecular formula is C26H25N5O4. The van der Waals surface area contributed by atoms with E-state index in [1.165, 1.54) is 6.33 Å². The first-order chi connectivity index (χ1) is 17.1. The molecule has 5 rings (SSSR count). The lowest BCUT2D eigenvalue weighted by Gasteiger charge is -2.29. The van der Waals surface area contributed by atoms with Crippen LogP contribution in [0, 0.1) is 0 Å². The molecule has 0 aliphatic carbocycles. The van der Waals surface area contributed by atoms with Gasteiger partial charge in [-0.3, -0.25) is 14.6 Å². The van der Waals surface area contributed by atoms with Gasteiger partial charge in [-0.15, -0.1) is 0 Å². The van der Waals surface area contributed by atoms with Gasteiger partial charge >= 0.3 is 0 Å². The summed E-state index contributed by atoms with van der Waals surface area (Å²) in [6.45, 7) is 0.459. The molecule has 1 aliphatic heterocycles. The molecule has 0 saturated carbocycles. The number of Topliss-reactive ketones (excluding diaryl/α,β-unsaturated/α-hetero) is 1. The van der Waals surface area contributed by atoms with Gasteiger partial charge in [0.15, 0.2) is 11.6 Å². The highest BCUT2D eigenvalue weighted by molar-refractivity contribution is 6.18. The lowest BCUT2D eigenvalue weighted by Crippen LogP contribution is -2.36. The van der Waals surface area contributed by atoms with Crippen molar-refractivity contribution in [1.82, 2.24) is 19.9 Å². The minimum absolute atomic E-state index is 0.0113. The fraction of sp³-hybridized carbons (Fsp3) is 0.269. The summed E-state index contributed by atoms with van der Waals surface area (Å²) in [6, 6.07) is 10.5. The SMILES string of the molecule is O=C(Cc1ccc(C(=O)c2c[nH]c3ncnc(N[C@@H]4CC[C@H](CO)OC4)c23)cc1)c1cccnc1. The summed E-state index contributed by atoms with van der Waals surface area (Å²) in [5.41, 5.74) is 2.91. The molecule has 3 aromatic heterocycles. The lowest BCUT2D eigenvalue weighted by atomic mass is 9.99. The maximum atomic E-state index is 13.4. The number of anilines is 1. The number of fused-ring (bicyclic) bond motifs is 1. The molecule has 178 valence electrons. The third kappa shape index (κ3) is 4.96. The van der Waals surface area contributed by atoms with Crippen molar-refractivity contribution in [3.8, 4) is 0 Å². The van der Waals surface area contributed by atoms with E-state index in [4.69, 9.17) is 4.74 Å². The summed E-state index contributed by atoms with van der Waals surface area (Å²) >= 11 is 0. The topological polar surface area (TPSA) is 130 Å². The van der Waals surface area contributed by atoms with Crippen LogP contribution in [0.15, 0.2) is 61.3 Å². The number of rotatable bonds is 8. The van der Waals surface area contributed by atoms with Crippen molar-refractivity contribution in [2.75, 3.05) is 18.5 Å². The number of hydrogen-bond donors (Lipinski definition) is 3. The number of aliphatic hydroxyl groups is 1. The standard InChI is InChI=1S/C26H25N5O4/c32-13-20-8-7-19(14-35-20)31-26-23-21(12-28-25(23)29-15-30-26)24(34)17-5-3-16(4-6-17)10-22(33)18-2-1-9-27-11-18/h1-6,9,11-12,15,19-20,32H,7-8,10,13-14H2,(H2,28,29,30,31)/t19-,20-/m1/s1. The minimum Gasteiger partial charge on any atom is -0.394 e. The van der Waals surface area contributed by atoms with Gasteiger partial charge in [-0.05, 0) is 30.5 Å². The highest BCUT2D eigenvalue weighted by Gasteiger charge is 2.24. The zero-order valence-corrected chi connectivity index (χ0v) is 19.0. The van der Waals surface area contributed by atoms with Crippen LogP contribution in [0.25, 0.3) is 11.0 Å². The number of ether oxygens (including phenoxy) is 1. The second-order valence-corrected chi connectivity index (χ2v) is 8.57. The van der Waals surface area contributed by atoms with Gasteiger partial charge in [0, 0.05) is 36.1 Å². The third-order valence-electron chi connectivity index (χ3n) is 6.19. The Hall–Kier alpha value is -3.95. The molecule has 9 nitrogen and oxygen atoms in total. The van der Waals surface area contributed by atoms with Crippen LogP contribution in [0.2, 0.25) is 0 Å². The number of pyridine rings is 1. The van der Waals surface area contributed by atoms with Crippen LogP contribution in [-0.4, -0.2) is 62.0 Å². The van der Waals surface area contributed by atoms with Gasteiger partial charge in [0.05, 0.1) is 36.3 Å². The molecular weight excluding hydrogens is 446 g/mol. The van der Waals surface area contributed by atoms with E-state index in [0.717, 1.165) is 18.4 Å². The van der Waals surface area contributed by atoms with Gasteiger partial charge in [-0.25, -0.2) is 9.97 Å². The van der Waals surface area contributed by atoms with Crippen molar-refractivity contribution in [1.29, 1.82) is 0 Å². The predicted molar refractivity (Wildman–Crippen MR) is 130 cm³/mol. The van der Waals surface area contributed by atoms with E-state index >= 15 is 0 Å². The van der Waals surface area contributed by atoms with Crippen LogP contribution in [0.3, 0.4) is 0 Å². The molecule has 0 spiro atoms. The monoisotopic (exact) mass is 471 g/mol. The van der Waals surface area contributed by atoms with E-state index in [-0.39, 0.29) is 36.7 Å². The Morgan fingerprint density at radius 3 is 2.69 bits per heavy atom. The Balaban J connectivity index is 1.34. The molecule has 1 aliphatic rings. The van der Waals surface area contributed by atoms with Gasteiger partial charge in [-0.1, -0.05) is 24.3 Å². The van der Waals surface area contributed by atoms with Crippen molar-refractivity contribution < 1.29 is 19.4 Å². The van der Waals surface area contributed by atoms with E-state index < -0.39 is 0 Å². The Bertz CT molecular complexity index is 1330. The summed E-state index contributed by atoms with van der Waals surface area (Å²) in [4.78, 5) is 41.5. The Kier molecular flexibility index (Phi) is 6.60. The first-order valence-electron chi connectivity index (χ1n) is 11.5. The smallest absolute Gasteiger partial charge is 0.195 e. The van der Waals surface area contributed by atoms with Crippen molar-refractivity contribution in [3.05, 3.63) is 83.6 Å². The summed E-state index contributed by atoms with van der Waals surface area (Å²) < 4.78 is 5.66. The average Bonchev–Trinajstić information content (AvgIpc) is 3.35. The normalized spacial score (nSPS) is 17.9. The number of H-pyrrole nitrogens is 1. The Morgan fingerprint density at radius 1 is 1.11 bits per heavy atom. The van der Waals surface area contributed by atoms with E-state index in [1.54, 1.807) is 55.0 Å². The molecule has 0 radical (unpaired) electrons. The highest BCUT2D eigenvalue weighted by Crippen LogP contribution is 2.27. The summed E-state index contributed by atoms with van der Waals surface area (Å²) in [5.74, 6) is 0.368. The van der Waals surface area contributed by atoms with Crippen LogP contribution in [0.1, 0.15) is 44.7 Å². The lowest BCUT2D eigenvalue weighted by molar-refractivity contribution is -0.0224. The van der Waals surface area contributed by atoms with E-state index in [0.29, 0.717) is 40.1 Å². The number of hydrogen-bond acceptors (Lipinski definition) is 8. The van der Waals surface area contributed by atoms with Gasteiger partial charge in [0.25, 0.3) is 0 Å². The van der Waals surface area contributed by atoms with Gasteiger partial charge in [0.2, 0.25) is 0 Å². The van der Waals surface area contributed by atoms with E-state index in [2.05, 4.69) is 25.3 Å². The van der Waals surface area contributed by atoms with Gasteiger partial charge in [0.1, 0.15) is 17.8 Å². The first kappa shape index (κ1) is 22.8. The van der Waals surface area contributed by atoms with Crippen molar-refractivity contribution in [3.63, 3.8) is 0 Å². The quantitative estimate of drug-likeness (QED) is 0.335. The summed E-state index contributed by atoms with van der Waals surface area (Å²) in [7, 11) is 0. The predicted octanol–water partition coefficient (Wildman–Crippen LogP) is 2.96. The van der Waals surface area contributed by atoms with Gasteiger partial charge < -0.3 is 20.1 Å². The highest BCUT2D eigenvalue weighted by atomic mass is 16.5. The van der Waals surface area contributed by atoms with Crippen LogP contribution in [0.4, 0.5) is 5.82 Å². The number of carbonyl (C=O) groups excluding carboxylic acids is 2. The molecule has 9 heteroatoms. The largest absolute Gasteiger partial charge is 0.394 e. The molecule has 3 N–H and O–H groups in total. The Labute approximate surface area is 201 Å². The number of carbonyl (C=O) groups is 2. The molecule has 1 saturated heterocycles. The van der Waals surface area contributed by atoms with Crippen LogP contribution in [-0.2, 0) is 11.2 Å². The van der Waals surface area contributed by atoms with Crippen LogP contribution < -0.4 is 5.32 Å². The van der Waals surface area contributed by atoms with E-state index in [9.17, 15) is 14.7 Å². The molecule has 0 bridgehead atoms. The average molecular weight is 472 g/mol. The fourth-order valence-electron chi connectivity index (χ4n) is 4.25. The zero-order chi connectivity index (χ0) is 24.2. The zero-order valence-electron chi connectivity index (χ0n) is 19.0. The van der Waals surface area contributed by atoms with Crippen LogP contribution in [0.5, 0.6) is 0 Å². The molecule has 35 heavy (non-hydrogen) atoms. The Morgan fingerprint density at radius 2 is 1.97 bits per heavy atom. The molecule has 1 aromatic carbocycles. The second-order valence-electron chi connectivity index (χ2n) is 8.57.